The number of nitrogens with zero attached hydrogens (tertiary/aromatic N) is 4. The van der Waals surface area contributed by atoms with Crippen LogP contribution in [-0.2, 0) is 0 Å². The van der Waals surface area contributed by atoms with Crippen LogP contribution in [-0.4, -0.2) is 30.8 Å². The van der Waals surface area contributed by atoms with Crippen LogP contribution in [0.4, 0.5) is 0 Å². The Morgan fingerprint density at radius 3 is 2.41 bits per heavy atom. The highest BCUT2D eigenvalue weighted by Crippen LogP contribution is 2.54. The molecule has 1 heterocycles. The molecule has 0 saturated carbocycles. The Morgan fingerprint density at radius 2 is 1.89 bits per heavy atom. The van der Waals surface area contributed by atoms with Gasteiger partial charge < -0.3 is 5.73 Å². The number of nitrogens with two attached hydrogens (primary N) is 1. The quantitative estimate of drug-likeness (QED) is 0.815. The van der Waals surface area contributed by atoms with Crippen LogP contribution in [0.25, 0.3) is 0 Å². The van der Waals surface area contributed by atoms with E-state index in [0.29, 0.717) is 12.2 Å². The molecule has 6 heteroatoms. The number of likely N-dealkylation sites (N-methyl/N-ethyl adjacent to an activating group) is 1. The lowest BCUT2D eigenvalue weighted by atomic mass is 9.57. The van der Waals surface area contributed by atoms with Gasteiger partial charge in [-0.05, 0) is 36.1 Å². The molecular formula is C21H21N5S. The number of hydrogen-bond donors (Lipinski definition) is 1. The Balaban J connectivity index is 2.27. The molecule has 0 aromatic heterocycles. The predicted octanol–water partition coefficient (Wildman–Crippen LogP) is 3.15. The maximum atomic E-state index is 10.1. The summed E-state index contributed by atoms with van der Waals surface area (Å²) in [6, 6.07) is 14.4. The van der Waals surface area contributed by atoms with Gasteiger partial charge in [0, 0.05) is 29.8 Å². The highest BCUT2D eigenvalue weighted by molar-refractivity contribution is 7.98. The first-order valence-corrected chi connectivity index (χ1v) is 10.1. The van der Waals surface area contributed by atoms with E-state index in [-0.39, 0.29) is 11.5 Å². The van der Waals surface area contributed by atoms with Gasteiger partial charge in [0.15, 0.2) is 5.41 Å². The minimum Gasteiger partial charge on any atom is -0.398 e. The van der Waals surface area contributed by atoms with Crippen molar-refractivity contribution in [1.29, 1.82) is 15.8 Å². The average molecular weight is 376 g/mol. The number of thioether (sulfide) groups is 1. The molecule has 1 unspecified atom stereocenters. The number of rotatable bonds is 3. The van der Waals surface area contributed by atoms with Crippen LogP contribution in [0.5, 0.6) is 0 Å². The minimum atomic E-state index is -1.58. The molecule has 1 aliphatic heterocycles. The fourth-order valence-corrected chi connectivity index (χ4v) is 4.62. The second kappa shape index (κ2) is 7.49. The van der Waals surface area contributed by atoms with Crippen molar-refractivity contribution in [2.75, 3.05) is 25.9 Å². The van der Waals surface area contributed by atoms with Gasteiger partial charge in [-0.15, -0.1) is 11.8 Å². The van der Waals surface area contributed by atoms with Crippen molar-refractivity contribution < 1.29 is 0 Å². The molecule has 1 aromatic carbocycles. The Hall–Kier alpha value is -2.72. The molecule has 0 spiro atoms. The zero-order valence-electron chi connectivity index (χ0n) is 15.4. The molecular weight excluding hydrogens is 354 g/mol. The second-order valence-corrected chi connectivity index (χ2v) is 7.68. The first-order valence-electron chi connectivity index (χ1n) is 8.85. The zero-order valence-corrected chi connectivity index (χ0v) is 16.3. The van der Waals surface area contributed by atoms with Crippen molar-refractivity contribution in [3.8, 4) is 18.2 Å². The molecule has 136 valence electrons. The molecule has 1 aliphatic carbocycles. The second-order valence-electron chi connectivity index (χ2n) is 6.80. The molecule has 2 aliphatic rings. The third kappa shape index (κ3) is 2.90. The number of nitriles is 3. The number of hydrogen-bond acceptors (Lipinski definition) is 6. The summed E-state index contributed by atoms with van der Waals surface area (Å²) in [5.41, 5.74) is 6.90. The SMILES string of the molecule is CCN1CC=C2C(N)=C(C#N)C(C#N)(C#N)C(c3ccc(SC)cc3)[C@H]2C1. The van der Waals surface area contributed by atoms with E-state index in [9.17, 15) is 15.8 Å². The molecule has 3 rings (SSSR count). The van der Waals surface area contributed by atoms with E-state index in [0.717, 1.165) is 29.1 Å². The summed E-state index contributed by atoms with van der Waals surface area (Å²) < 4.78 is 0. The molecule has 0 radical (unpaired) electrons. The third-order valence-electron chi connectivity index (χ3n) is 5.65. The summed E-state index contributed by atoms with van der Waals surface area (Å²) in [7, 11) is 0. The number of fused-ring (bicyclic) bond motifs is 1. The monoisotopic (exact) mass is 375 g/mol. The van der Waals surface area contributed by atoms with Crippen molar-refractivity contribution in [1.82, 2.24) is 4.90 Å². The first kappa shape index (κ1) is 19.1. The van der Waals surface area contributed by atoms with Crippen molar-refractivity contribution in [2.24, 2.45) is 17.1 Å². The zero-order chi connectivity index (χ0) is 19.6. The van der Waals surface area contributed by atoms with Crippen LogP contribution in [0.1, 0.15) is 18.4 Å². The van der Waals surface area contributed by atoms with Crippen molar-refractivity contribution in [3.63, 3.8) is 0 Å². The van der Waals surface area contributed by atoms with E-state index in [2.05, 4.69) is 30.0 Å². The fraction of sp³-hybridized carbons (Fsp3) is 0.381. The van der Waals surface area contributed by atoms with Gasteiger partial charge in [-0.1, -0.05) is 25.1 Å². The molecule has 0 saturated heterocycles. The molecule has 0 amide bonds. The van der Waals surface area contributed by atoms with Crippen LogP contribution in [0.15, 0.2) is 52.1 Å². The highest BCUT2D eigenvalue weighted by Gasteiger charge is 2.54. The lowest BCUT2D eigenvalue weighted by molar-refractivity contribution is 0.215. The smallest absolute Gasteiger partial charge is 0.187 e. The van der Waals surface area contributed by atoms with Crippen molar-refractivity contribution in [2.45, 2.75) is 17.7 Å². The van der Waals surface area contributed by atoms with Gasteiger partial charge in [0.1, 0.15) is 0 Å². The number of allylic oxidation sites excluding steroid dienone is 2. The molecule has 2 N–H and O–H groups in total. The Bertz CT molecular complexity index is 909. The molecule has 0 fully saturated rings. The normalized spacial score (nSPS) is 24.2. The van der Waals surface area contributed by atoms with Gasteiger partial charge in [0.25, 0.3) is 0 Å². The predicted molar refractivity (Wildman–Crippen MR) is 105 cm³/mol. The van der Waals surface area contributed by atoms with Gasteiger partial charge in [-0.2, -0.15) is 15.8 Å². The summed E-state index contributed by atoms with van der Waals surface area (Å²) >= 11 is 1.64. The summed E-state index contributed by atoms with van der Waals surface area (Å²) in [5.74, 6) is -0.541. The molecule has 1 aromatic rings. The largest absolute Gasteiger partial charge is 0.398 e. The minimum absolute atomic E-state index is 0.0823. The van der Waals surface area contributed by atoms with Crippen LogP contribution >= 0.6 is 11.8 Å². The van der Waals surface area contributed by atoms with Gasteiger partial charge in [-0.3, -0.25) is 4.90 Å². The van der Waals surface area contributed by atoms with Crippen molar-refractivity contribution in [3.05, 3.63) is 52.7 Å². The summed E-state index contributed by atoms with van der Waals surface area (Å²) in [6.45, 7) is 4.43. The molecule has 27 heavy (non-hydrogen) atoms. The van der Waals surface area contributed by atoms with E-state index < -0.39 is 11.3 Å². The van der Waals surface area contributed by atoms with Crippen LogP contribution in [0.2, 0.25) is 0 Å². The van der Waals surface area contributed by atoms with E-state index in [1.54, 1.807) is 11.8 Å². The van der Waals surface area contributed by atoms with E-state index in [1.165, 1.54) is 0 Å². The maximum Gasteiger partial charge on any atom is 0.187 e. The molecule has 2 atom stereocenters. The van der Waals surface area contributed by atoms with Crippen LogP contribution < -0.4 is 5.73 Å². The standard InChI is InChI=1S/C21H21N5S/c1-3-26-9-8-16-17(11-26)19(14-4-6-15(27-2)7-5-14)21(12-23,13-24)18(10-22)20(16)25/h4-8,17,19H,3,9,11,25H2,1-2H3/t17-,19?/m0/s1. The number of benzene rings is 1. The van der Waals surface area contributed by atoms with Gasteiger partial charge in [0.05, 0.1) is 29.5 Å². The Morgan fingerprint density at radius 1 is 1.22 bits per heavy atom. The summed E-state index contributed by atoms with van der Waals surface area (Å²) in [5, 5.41) is 29.9. The molecule has 5 nitrogen and oxygen atoms in total. The van der Waals surface area contributed by atoms with Crippen molar-refractivity contribution >= 4 is 11.8 Å². The Labute approximate surface area is 164 Å². The molecule has 0 bridgehead atoms. The average Bonchev–Trinajstić information content (AvgIpc) is 2.73. The van der Waals surface area contributed by atoms with Crippen LogP contribution in [0, 0.1) is 45.3 Å². The van der Waals surface area contributed by atoms with E-state index in [1.807, 2.05) is 36.6 Å². The lowest BCUT2D eigenvalue weighted by Gasteiger charge is -2.45. The first-order chi connectivity index (χ1) is 13.1. The van der Waals surface area contributed by atoms with Crippen LogP contribution in [0.3, 0.4) is 0 Å². The summed E-state index contributed by atoms with van der Waals surface area (Å²) in [6.07, 6.45) is 4.05. The van der Waals surface area contributed by atoms with E-state index >= 15 is 0 Å². The topological polar surface area (TPSA) is 101 Å². The van der Waals surface area contributed by atoms with Gasteiger partial charge in [0.2, 0.25) is 0 Å². The van der Waals surface area contributed by atoms with Gasteiger partial charge >= 0.3 is 0 Å². The van der Waals surface area contributed by atoms with E-state index in [4.69, 9.17) is 5.73 Å². The van der Waals surface area contributed by atoms with Gasteiger partial charge in [-0.25, -0.2) is 0 Å². The fourth-order valence-electron chi connectivity index (χ4n) is 4.21. The third-order valence-corrected chi connectivity index (χ3v) is 6.40. The lowest BCUT2D eigenvalue weighted by Crippen LogP contribution is -2.47. The summed E-state index contributed by atoms with van der Waals surface area (Å²) in [4.78, 5) is 3.38. The highest BCUT2D eigenvalue weighted by atomic mass is 32.2. The maximum absolute atomic E-state index is 10.1. The Kier molecular flexibility index (Phi) is 5.29.